The lowest BCUT2D eigenvalue weighted by Crippen LogP contribution is -2.59. The second-order valence-corrected chi connectivity index (χ2v) is 13.8. The van der Waals surface area contributed by atoms with Gasteiger partial charge in [-0.05, 0) is 81.1 Å². The van der Waals surface area contributed by atoms with Crippen LogP contribution in [0.3, 0.4) is 0 Å². The lowest BCUT2D eigenvalue weighted by molar-refractivity contribution is -0.162. The van der Waals surface area contributed by atoms with E-state index in [0.29, 0.717) is 45.3 Å². The third-order valence-corrected chi connectivity index (χ3v) is 11.3. The number of ketones is 1. The Balaban J connectivity index is 1.60. The number of ether oxygens (including phenoxy) is 5. The van der Waals surface area contributed by atoms with Crippen LogP contribution in [0, 0.1) is 22.7 Å². The highest BCUT2D eigenvalue weighted by Gasteiger charge is 2.67. The van der Waals surface area contributed by atoms with E-state index in [9.17, 15) is 15.2 Å². The number of nitriles is 1. The number of carbonyl (C=O) groups is 2. The Kier molecular flexibility index (Phi) is 9.95. The summed E-state index contributed by atoms with van der Waals surface area (Å²) in [4.78, 5) is 30.3. The molecule has 1 fully saturated rings. The van der Waals surface area contributed by atoms with Crippen LogP contribution in [0.25, 0.3) is 21.5 Å². The standard InChI is InChI=1S/C46H41NO8/c1-51-37-20-17-32(24-39(37)53-3)36-26-46(50,35-19-16-29-11-7-9-13-31(29)23-35)42(43(48)34-15-14-28-10-6-8-12-30(28)22-34)41(45(36,27-47)44(49)55-5)33-18-21-38(52-2)40(25-33)54-4/h6-25,36,41-42,50H,26H2,1-5H3/t36-,41-,42-,45+,46-/m0/s1. The number of rotatable bonds is 10. The first-order chi connectivity index (χ1) is 26.7. The number of carbonyl (C=O) groups excluding carboxylic acids is 2. The molecular formula is C46H41NO8. The quantitative estimate of drug-likeness (QED) is 0.109. The van der Waals surface area contributed by atoms with Crippen molar-refractivity contribution in [3.8, 4) is 29.1 Å². The average molecular weight is 736 g/mol. The van der Waals surface area contributed by atoms with E-state index in [2.05, 4.69) is 6.07 Å². The number of hydrogen-bond donors (Lipinski definition) is 1. The molecule has 0 aromatic heterocycles. The van der Waals surface area contributed by atoms with Gasteiger partial charge in [0, 0.05) is 17.4 Å². The largest absolute Gasteiger partial charge is 0.493 e. The van der Waals surface area contributed by atoms with Crippen LogP contribution >= 0.6 is 0 Å². The van der Waals surface area contributed by atoms with Gasteiger partial charge in [0.1, 0.15) is 5.60 Å². The zero-order valence-corrected chi connectivity index (χ0v) is 31.2. The minimum atomic E-state index is -2.08. The second-order valence-electron chi connectivity index (χ2n) is 13.8. The summed E-state index contributed by atoms with van der Waals surface area (Å²) >= 11 is 0. The summed E-state index contributed by atoms with van der Waals surface area (Å²) in [5, 5.41) is 28.9. The number of methoxy groups -OCH3 is 5. The predicted molar refractivity (Wildman–Crippen MR) is 209 cm³/mol. The van der Waals surface area contributed by atoms with E-state index < -0.39 is 40.5 Å². The molecule has 0 heterocycles. The summed E-state index contributed by atoms with van der Waals surface area (Å²) in [5.41, 5.74) is -2.36. The number of esters is 1. The fourth-order valence-electron chi connectivity index (χ4n) is 8.58. The van der Waals surface area contributed by atoms with Crippen LogP contribution in [-0.4, -0.2) is 52.4 Å². The molecule has 1 saturated carbocycles. The minimum absolute atomic E-state index is 0.211. The van der Waals surface area contributed by atoms with Gasteiger partial charge in [-0.2, -0.15) is 5.26 Å². The van der Waals surface area contributed by atoms with Crippen molar-refractivity contribution in [3.63, 3.8) is 0 Å². The van der Waals surface area contributed by atoms with E-state index >= 15 is 4.79 Å². The highest BCUT2D eigenvalue weighted by molar-refractivity contribution is 6.03. The lowest BCUT2D eigenvalue weighted by atomic mass is 9.47. The van der Waals surface area contributed by atoms with Crippen molar-refractivity contribution in [1.29, 1.82) is 5.26 Å². The van der Waals surface area contributed by atoms with E-state index in [1.54, 1.807) is 48.5 Å². The molecule has 9 nitrogen and oxygen atoms in total. The van der Waals surface area contributed by atoms with Gasteiger partial charge in [0.15, 0.2) is 34.2 Å². The molecule has 0 bridgehead atoms. The number of nitrogens with zero attached hydrogens (tertiary/aromatic N) is 1. The van der Waals surface area contributed by atoms with E-state index in [1.807, 2.05) is 72.8 Å². The Bertz CT molecular complexity index is 2470. The molecule has 0 radical (unpaired) electrons. The van der Waals surface area contributed by atoms with E-state index in [1.165, 1.54) is 35.5 Å². The van der Waals surface area contributed by atoms with Gasteiger partial charge in [0.25, 0.3) is 0 Å². The number of benzene rings is 6. The predicted octanol–water partition coefficient (Wildman–Crippen LogP) is 8.37. The normalized spacial score (nSPS) is 22.0. The molecule has 1 aliphatic rings. The summed E-state index contributed by atoms with van der Waals surface area (Å²) in [6.07, 6.45) is -0.211. The van der Waals surface area contributed by atoms with Gasteiger partial charge in [0.2, 0.25) is 0 Å². The van der Waals surface area contributed by atoms with Crippen molar-refractivity contribution < 1.29 is 38.4 Å². The van der Waals surface area contributed by atoms with Crippen LogP contribution in [0.2, 0.25) is 0 Å². The Morgan fingerprint density at radius 1 is 0.636 bits per heavy atom. The molecule has 9 heteroatoms. The maximum Gasteiger partial charge on any atom is 0.327 e. The van der Waals surface area contributed by atoms with Crippen molar-refractivity contribution in [2.45, 2.75) is 23.9 Å². The van der Waals surface area contributed by atoms with Crippen molar-refractivity contribution in [3.05, 3.63) is 144 Å². The van der Waals surface area contributed by atoms with Gasteiger partial charge in [-0.25, -0.2) is 0 Å². The number of fused-ring (bicyclic) bond motifs is 2. The van der Waals surface area contributed by atoms with Gasteiger partial charge >= 0.3 is 5.97 Å². The van der Waals surface area contributed by atoms with Crippen LogP contribution in [-0.2, 0) is 15.1 Å². The fraction of sp³-hybridized carbons (Fsp3) is 0.239. The first kappa shape index (κ1) is 37.0. The molecule has 5 atom stereocenters. The molecule has 7 rings (SSSR count). The highest BCUT2D eigenvalue weighted by Crippen LogP contribution is 2.64. The third-order valence-electron chi connectivity index (χ3n) is 11.3. The summed E-state index contributed by atoms with van der Waals surface area (Å²) in [6, 6.07) is 39.0. The van der Waals surface area contributed by atoms with Crippen LogP contribution in [0.4, 0.5) is 0 Å². The smallest absolute Gasteiger partial charge is 0.327 e. The third kappa shape index (κ3) is 6.09. The molecule has 55 heavy (non-hydrogen) atoms. The zero-order chi connectivity index (χ0) is 38.9. The Morgan fingerprint density at radius 2 is 1.16 bits per heavy atom. The van der Waals surface area contributed by atoms with Crippen molar-refractivity contribution >= 4 is 33.3 Å². The molecule has 0 unspecified atom stereocenters. The summed E-state index contributed by atoms with van der Waals surface area (Å²) < 4.78 is 28.1. The average Bonchev–Trinajstić information content (AvgIpc) is 3.24. The molecule has 0 aliphatic heterocycles. The lowest BCUT2D eigenvalue weighted by Gasteiger charge is -2.54. The number of aliphatic hydroxyl groups is 1. The molecule has 6 aromatic carbocycles. The SMILES string of the molecule is COC(=O)[C@]1(C#N)[C@H](c2ccc(OC)c(OC)c2)C[C@](O)(c2ccc3ccccc3c2)[C@H](C(=O)c2ccc3ccccc3c2)[C@@H]1c1ccc(OC)c(OC)c1. The first-order valence-electron chi connectivity index (χ1n) is 17.9. The minimum Gasteiger partial charge on any atom is -0.493 e. The topological polar surface area (TPSA) is 124 Å². The van der Waals surface area contributed by atoms with Gasteiger partial charge in [0.05, 0.1) is 47.5 Å². The number of hydrogen-bond acceptors (Lipinski definition) is 9. The Morgan fingerprint density at radius 3 is 1.73 bits per heavy atom. The van der Waals surface area contributed by atoms with Crippen LogP contribution in [0.5, 0.6) is 23.0 Å². The molecule has 0 spiro atoms. The Labute approximate surface area is 319 Å². The van der Waals surface area contributed by atoms with E-state index in [-0.39, 0.29) is 6.42 Å². The summed E-state index contributed by atoms with van der Waals surface area (Å²) in [6.45, 7) is 0. The first-order valence-corrected chi connectivity index (χ1v) is 17.9. The Hall–Kier alpha value is -6.37. The number of Topliss-reactive ketones (excluding diaryl/α,β-unsaturated/α-hetero) is 1. The molecule has 6 aromatic rings. The van der Waals surface area contributed by atoms with Crippen LogP contribution < -0.4 is 18.9 Å². The highest BCUT2D eigenvalue weighted by atomic mass is 16.5. The van der Waals surface area contributed by atoms with Crippen LogP contribution in [0.15, 0.2) is 121 Å². The molecule has 278 valence electrons. The molecule has 0 amide bonds. The van der Waals surface area contributed by atoms with Gasteiger partial charge in [-0.3, -0.25) is 9.59 Å². The monoisotopic (exact) mass is 735 g/mol. The van der Waals surface area contributed by atoms with Crippen molar-refractivity contribution in [1.82, 2.24) is 0 Å². The molecule has 1 N–H and O–H groups in total. The van der Waals surface area contributed by atoms with Gasteiger partial charge < -0.3 is 28.8 Å². The zero-order valence-electron chi connectivity index (χ0n) is 31.2. The fourth-order valence-corrected chi connectivity index (χ4v) is 8.58. The van der Waals surface area contributed by atoms with Gasteiger partial charge in [-0.1, -0.05) is 84.9 Å². The van der Waals surface area contributed by atoms with Gasteiger partial charge in [-0.15, -0.1) is 0 Å². The van der Waals surface area contributed by atoms with E-state index in [0.717, 1.165) is 21.5 Å². The summed E-state index contributed by atoms with van der Waals surface area (Å²) in [5.74, 6) is -3.52. The summed E-state index contributed by atoms with van der Waals surface area (Å²) in [7, 11) is 7.22. The van der Waals surface area contributed by atoms with E-state index in [4.69, 9.17) is 23.7 Å². The van der Waals surface area contributed by atoms with Crippen LogP contribution in [0.1, 0.15) is 45.3 Å². The molecular weight excluding hydrogens is 695 g/mol. The maximum atomic E-state index is 15.6. The van der Waals surface area contributed by atoms with Crippen molar-refractivity contribution in [2.75, 3.05) is 35.5 Å². The van der Waals surface area contributed by atoms with Crippen molar-refractivity contribution in [2.24, 2.45) is 11.3 Å². The molecule has 0 saturated heterocycles. The second kappa shape index (κ2) is 14.8. The molecule has 1 aliphatic carbocycles. The maximum absolute atomic E-state index is 15.6.